The van der Waals surface area contributed by atoms with E-state index in [1.807, 2.05) is 6.92 Å². The number of sulfonamides is 1. The number of aliphatic hydroxyl groups is 1. The number of halogens is 3. The first-order chi connectivity index (χ1) is 9.69. The minimum Gasteiger partial charge on any atom is -0.392 e. The standard InChI is InChI=1S/C12H16F3NO3S2/c1-2-9-3-4-11(7-10(9)8-17)21(18,19)16-5-6-20-12(13,14)15/h3-4,7,16-17H,2,5-6,8H2,1H3. The lowest BCUT2D eigenvalue weighted by Crippen LogP contribution is -2.27. The molecule has 0 bridgehead atoms. The van der Waals surface area contributed by atoms with Crippen LogP contribution in [0.5, 0.6) is 0 Å². The van der Waals surface area contributed by atoms with Crippen molar-refractivity contribution in [1.29, 1.82) is 0 Å². The van der Waals surface area contributed by atoms with Crippen molar-refractivity contribution in [2.24, 2.45) is 0 Å². The van der Waals surface area contributed by atoms with Gasteiger partial charge in [-0.15, -0.1) is 0 Å². The molecule has 9 heteroatoms. The third-order valence-corrected chi connectivity index (χ3v) is 4.89. The molecule has 1 rings (SSSR count). The van der Waals surface area contributed by atoms with Gasteiger partial charge in [-0.25, -0.2) is 13.1 Å². The number of alkyl halides is 3. The van der Waals surface area contributed by atoms with E-state index in [1.165, 1.54) is 12.1 Å². The molecule has 0 radical (unpaired) electrons. The highest BCUT2D eigenvalue weighted by molar-refractivity contribution is 8.00. The summed E-state index contributed by atoms with van der Waals surface area (Å²) in [5.74, 6) is -0.400. The van der Waals surface area contributed by atoms with E-state index in [4.69, 9.17) is 0 Å². The molecule has 1 aromatic rings. The van der Waals surface area contributed by atoms with Crippen LogP contribution in [0, 0.1) is 0 Å². The van der Waals surface area contributed by atoms with Crippen LogP contribution in [0.2, 0.25) is 0 Å². The van der Waals surface area contributed by atoms with E-state index in [9.17, 15) is 26.7 Å². The van der Waals surface area contributed by atoms with E-state index in [-0.39, 0.29) is 29.8 Å². The van der Waals surface area contributed by atoms with Gasteiger partial charge < -0.3 is 5.11 Å². The van der Waals surface area contributed by atoms with Crippen LogP contribution in [0.4, 0.5) is 13.2 Å². The molecule has 2 N–H and O–H groups in total. The summed E-state index contributed by atoms with van der Waals surface area (Å²) in [5, 5.41) is 9.20. The molecular weight excluding hydrogens is 327 g/mol. The molecule has 4 nitrogen and oxygen atoms in total. The van der Waals surface area contributed by atoms with Gasteiger partial charge in [-0.3, -0.25) is 0 Å². The van der Waals surface area contributed by atoms with Crippen LogP contribution in [-0.2, 0) is 23.1 Å². The lowest BCUT2D eigenvalue weighted by molar-refractivity contribution is -0.0327. The number of hydrogen-bond acceptors (Lipinski definition) is 4. The van der Waals surface area contributed by atoms with E-state index < -0.39 is 21.3 Å². The molecule has 0 amide bonds. The van der Waals surface area contributed by atoms with Crippen LogP contribution < -0.4 is 4.72 Å². The van der Waals surface area contributed by atoms with Gasteiger partial charge in [0.05, 0.1) is 11.5 Å². The summed E-state index contributed by atoms with van der Waals surface area (Å²) >= 11 is -0.284. The van der Waals surface area contributed by atoms with Crippen molar-refractivity contribution in [2.75, 3.05) is 12.3 Å². The lowest BCUT2D eigenvalue weighted by Gasteiger charge is -2.11. The molecular formula is C12H16F3NO3S2. The minimum absolute atomic E-state index is 0.0687. The Kier molecular flexibility index (Phi) is 6.51. The maximum absolute atomic E-state index is 11.9. The monoisotopic (exact) mass is 343 g/mol. The predicted octanol–water partition coefficient (Wildman–Crippen LogP) is 2.27. The zero-order valence-corrected chi connectivity index (χ0v) is 12.9. The number of nitrogens with one attached hydrogen (secondary N) is 1. The fraction of sp³-hybridized carbons (Fsp3) is 0.500. The molecule has 0 saturated carbocycles. The average molecular weight is 343 g/mol. The van der Waals surface area contributed by atoms with Crippen LogP contribution in [0.25, 0.3) is 0 Å². The molecule has 0 aromatic heterocycles. The van der Waals surface area contributed by atoms with E-state index in [0.717, 1.165) is 5.56 Å². The molecule has 0 saturated heterocycles. The molecule has 1 aromatic carbocycles. The number of benzene rings is 1. The molecule has 0 heterocycles. The SMILES string of the molecule is CCc1ccc(S(=O)(=O)NCCSC(F)(F)F)cc1CO. The second-order valence-electron chi connectivity index (χ2n) is 4.13. The van der Waals surface area contributed by atoms with E-state index in [1.54, 1.807) is 6.07 Å². The van der Waals surface area contributed by atoms with E-state index in [2.05, 4.69) is 4.72 Å². The van der Waals surface area contributed by atoms with Gasteiger partial charge in [0.25, 0.3) is 0 Å². The summed E-state index contributed by atoms with van der Waals surface area (Å²) < 4.78 is 61.8. The Morgan fingerprint density at radius 1 is 1.29 bits per heavy atom. The predicted molar refractivity (Wildman–Crippen MR) is 75.4 cm³/mol. The highest BCUT2D eigenvalue weighted by Crippen LogP contribution is 2.29. The fourth-order valence-corrected chi connectivity index (χ4v) is 3.33. The Balaban J connectivity index is 2.74. The number of hydrogen-bond donors (Lipinski definition) is 2. The average Bonchev–Trinajstić information content (AvgIpc) is 2.41. The topological polar surface area (TPSA) is 66.4 Å². The highest BCUT2D eigenvalue weighted by atomic mass is 32.2. The summed E-state index contributed by atoms with van der Waals surface area (Å²) in [6, 6.07) is 4.29. The number of thioether (sulfide) groups is 1. The van der Waals surface area contributed by atoms with Crippen molar-refractivity contribution >= 4 is 21.8 Å². The molecule has 120 valence electrons. The van der Waals surface area contributed by atoms with Crippen LogP contribution in [0.15, 0.2) is 23.1 Å². The van der Waals surface area contributed by atoms with E-state index >= 15 is 0 Å². The van der Waals surface area contributed by atoms with Crippen molar-refractivity contribution in [3.05, 3.63) is 29.3 Å². The highest BCUT2D eigenvalue weighted by Gasteiger charge is 2.27. The Bertz CT molecular complexity index is 574. The molecule has 0 aliphatic heterocycles. The van der Waals surface area contributed by atoms with Crippen molar-refractivity contribution < 1.29 is 26.7 Å². The van der Waals surface area contributed by atoms with Gasteiger partial charge in [-0.1, -0.05) is 13.0 Å². The Morgan fingerprint density at radius 3 is 2.48 bits per heavy atom. The summed E-state index contributed by atoms with van der Waals surface area (Å²) in [4.78, 5) is -0.0687. The second-order valence-corrected chi connectivity index (χ2v) is 7.06. The summed E-state index contributed by atoms with van der Waals surface area (Å²) in [5.41, 5.74) is -3.06. The summed E-state index contributed by atoms with van der Waals surface area (Å²) in [6.45, 7) is 1.25. The van der Waals surface area contributed by atoms with Crippen LogP contribution in [-0.4, -0.2) is 31.3 Å². The van der Waals surface area contributed by atoms with Crippen molar-refractivity contribution in [1.82, 2.24) is 4.72 Å². The molecule has 0 fully saturated rings. The van der Waals surface area contributed by atoms with Gasteiger partial charge in [-0.05, 0) is 41.4 Å². The fourth-order valence-electron chi connectivity index (χ4n) is 1.69. The molecule has 21 heavy (non-hydrogen) atoms. The first kappa shape index (κ1) is 18.3. The number of rotatable bonds is 7. The molecule has 0 aliphatic rings. The smallest absolute Gasteiger partial charge is 0.392 e. The van der Waals surface area contributed by atoms with Crippen LogP contribution >= 0.6 is 11.8 Å². The van der Waals surface area contributed by atoms with Crippen molar-refractivity contribution in [3.63, 3.8) is 0 Å². The Hall–Kier alpha value is -0.770. The van der Waals surface area contributed by atoms with Gasteiger partial charge >= 0.3 is 5.51 Å². The second kappa shape index (κ2) is 7.48. The van der Waals surface area contributed by atoms with E-state index in [0.29, 0.717) is 12.0 Å². The first-order valence-corrected chi connectivity index (χ1v) is 8.59. The zero-order chi connectivity index (χ0) is 16.1. The summed E-state index contributed by atoms with van der Waals surface area (Å²) in [6.07, 6.45) is 0.645. The van der Waals surface area contributed by atoms with Gasteiger partial charge in [0, 0.05) is 12.3 Å². The summed E-state index contributed by atoms with van der Waals surface area (Å²) in [7, 11) is -3.88. The minimum atomic E-state index is -4.38. The third-order valence-electron chi connectivity index (χ3n) is 2.70. The van der Waals surface area contributed by atoms with Gasteiger partial charge in [0.2, 0.25) is 10.0 Å². The van der Waals surface area contributed by atoms with Crippen LogP contribution in [0.3, 0.4) is 0 Å². The quantitative estimate of drug-likeness (QED) is 0.746. The van der Waals surface area contributed by atoms with Crippen molar-refractivity contribution in [2.45, 2.75) is 30.4 Å². The van der Waals surface area contributed by atoms with Gasteiger partial charge in [-0.2, -0.15) is 13.2 Å². The maximum Gasteiger partial charge on any atom is 0.441 e. The van der Waals surface area contributed by atoms with Gasteiger partial charge in [0.1, 0.15) is 0 Å². The molecule has 0 aliphatic carbocycles. The van der Waals surface area contributed by atoms with Crippen LogP contribution in [0.1, 0.15) is 18.1 Å². The Labute approximate surface area is 125 Å². The number of aliphatic hydroxyl groups excluding tert-OH is 1. The zero-order valence-electron chi connectivity index (χ0n) is 11.3. The first-order valence-electron chi connectivity index (χ1n) is 6.12. The largest absolute Gasteiger partial charge is 0.441 e. The number of aryl methyl sites for hydroxylation is 1. The third kappa shape index (κ3) is 5.85. The lowest BCUT2D eigenvalue weighted by atomic mass is 10.1. The van der Waals surface area contributed by atoms with Gasteiger partial charge in [0.15, 0.2) is 0 Å². The molecule has 0 unspecified atom stereocenters. The molecule has 0 spiro atoms. The van der Waals surface area contributed by atoms with Crippen molar-refractivity contribution in [3.8, 4) is 0 Å². The Morgan fingerprint density at radius 2 is 1.95 bits per heavy atom. The normalized spacial score (nSPS) is 12.6. The molecule has 0 atom stereocenters. The maximum atomic E-state index is 11.9.